The third-order valence-corrected chi connectivity index (χ3v) is 7.03. The van der Waals surface area contributed by atoms with Crippen molar-refractivity contribution in [3.63, 3.8) is 0 Å². The molecular formula is C24H34N6O4S. The predicted molar refractivity (Wildman–Crippen MR) is 136 cm³/mol. The summed E-state index contributed by atoms with van der Waals surface area (Å²) in [6.45, 7) is 5.43. The van der Waals surface area contributed by atoms with Crippen molar-refractivity contribution in [2.24, 2.45) is 0 Å². The Morgan fingerprint density at radius 3 is 2.71 bits per heavy atom. The zero-order valence-electron chi connectivity index (χ0n) is 19.9. The summed E-state index contributed by atoms with van der Waals surface area (Å²) < 4.78 is 10.7. The van der Waals surface area contributed by atoms with Gasteiger partial charge in [0.15, 0.2) is 0 Å². The van der Waals surface area contributed by atoms with Crippen molar-refractivity contribution in [3.05, 3.63) is 34.7 Å². The highest BCUT2D eigenvalue weighted by atomic mass is 32.1. The molecule has 1 saturated heterocycles. The quantitative estimate of drug-likeness (QED) is 0.480. The van der Waals surface area contributed by atoms with Crippen LogP contribution in [0.5, 0.6) is 5.88 Å². The Hall–Kier alpha value is -2.89. The summed E-state index contributed by atoms with van der Waals surface area (Å²) in [7, 11) is 0. The number of amides is 3. The van der Waals surface area contributed by atoms with Crippen molar-refractivity contribution in [1.29, 1.82) is 0 Å². The van der Waals surface area contributed by atoms with Gasteiger partial charge in [0.25, 0.3) is 0 Å². The van der Waals surface area contributed by atoms with Gasteiger partial charge in [0.05, 0.1) is 24.6 Å². The first-order valence-corrected chi connectivity index (χ1v) is 13.1. The van der Waals surface area contributed by atoms with Gasteiger partial charge in [-0.15, -0.1) is 11.3 Å². The molecule has 3 amide bonds. The molecule has 0 atom stereocenters. The third-order valence-electron chi connectivity index (χ3n) is 6.27. The van der Waals surface area contributed by atoms with Crippen LogP contribution in [0.15, 0.2) is 29.1 Å². The Bertz CT molecular complexity index is 957. The van der Waals surface area contributed by atoms with Gasteiger partial charge < -0.3 is 25.4 Å². The molecule has 0 spiro atoms. The highest BCUT2D eigenvalue weighted by molar-refractivity contribution is 7.09. The lowest BCUT2D eigenvalue weighted by molar-refractivity contribution is 0.0364. The second-order valence-corrected chi connectivity index (χ2v) is 9.66. The summed E-state index contributed by atoms with van der Waals surface area (Å²) in [4.78, 5) is 33.6. The molecule has 1 aliphatic carbocycles. The van der Waals surface area contributed by atoms with E-state index in [0.717, 1.165) is 57.7 Å². The smallest absolute Gasteiger partial charge is 0.396 e. The maximum absolute atomic E-state index is 13.1. The number of ether oxygens (including phenoxy) is 2. The first kappa shape index (κ1) is 25.2. The van der Waals surface area contributed by atoms with Crippen LogP contribution in [-0.2, 0) is 11.3 Å². The molecule has 2 aromatic rings. The van der Waals surface area contributed by atoms with E-state index in [1.165, 1.54) is 24.2 Å². The number of urea groups is 1. The van der Waals surface area contributed by atoms with E-state index in [1.807, 2.05) is 11.0 Å². The lowest BCUT2D eigenvalue weighted by atomic mass is 10.2. The van der Waals surface area contributed by atoms with Crippen LogP contribution in [0, 0.1) is 0 Å². The molecule has 0 unspecified atom stereocenters. The standard InChI is InChI=1S/C24H34N6O4S/c25-20-16-35-17-21(20)28-24(32)34-22-7-6-18(14-26-22)15-30(23(31)27-19-4-1-2-5-19)9-3-8-29-10-12-33-13-11-29/h6-7,14,16-17,19H,1-5,8-13,15,25H2,(H,27,31)(H,28,32). The van der Waals surface area contributed by atoms with Crippen LogP contribution in [0.4, 0.5) is 21.0 Å². The normalized spacial score (nSPS) is 16.7. The topological polar surface area (TPSA) is 122 Å². The van der Waals surface area contributed by atoms with Crippen LogP contribution >= 0.6 is 11.3 Å². The number of anilines is 2. The number of hydrogen-bond donors (Lipinski definition) is 3. The minimum Gasteiger partial charge on any atom is -0.396 e. The number of aromatic nitrogens is 1. The maximum atomic E-state index is 13.1. The van der Waals surface area contributed by atoms with Gasteiger partial charge in [-0.25, -0.2) is 14.6 Å². The van der Waals surface area contributed by atoms with Crippen LogP contribution < -0.4 is 21.1 Å². The molecule has 1 aliphatic heterocycles. The summed E-state index contributed by atoms with van der Waals surface area (Å²) in [6.07, 6.45) is 6.29. The van der Waals surface area contributed by atoms with E-state index in [-0.39, 0.29) is 18.0 Å². The number of morpholine rings is 1. The van der Waals surface area contributed by atoms with Crippen molar-refractivity contribution < 1.29 is 19.1 Å². The largest absolute Gasteiger partial charge is 0.418 e. The lowest BCUT2D eigenvalue weighted by Crippen LogP contribution is -2.45. The molecule has 0 bridgehead atoms. The van der Waals surface area contributed by atoms with Gasteiger partial charge in [0.1, 0.15) is 0 Å². The molecule has 190 valence electrons. The molecule has 4 N–H and O–H groups in total. The number of rotatable bonds is 9. The van der Waals surface area contributed by atoms with Crippen LogP contribution in [0.3, 0.4) is 0 Å². The zero-order chi connectivity index (χ0) is 24.5. The fraction of sp³-hybridized carbons (Fsp3) is 0.542. The Morgan fingerprint density at radius 1 is 1.23 bits per heavy atom. The van der Waals surface area contributed by atoms with Crippen molar-refractivity contribution in [2.45, 2.75) is 44.7 Å². The van der Waals surface area contributed by atoms with E-state index in [4.69, 9.17) is 15.2 Å². The molecule has 11 heteroatoms. The first-order valence-electron chi connectivity index (χ1n) is 12.2. The van der Waals surface area contributed by atoms with Crippen molar-refractivity contribution in [1.82, 2.24) is 20.1 Å². The van der Waals surface area contributed by atoms with E-state index in [1.54, 1.807) is 23.0 Å². The molecule has 1 saturated carbocycles. The average Bonchev–Trinajstić information content (AvgIpc) is 3.52. The third kappa shape index (κ3) is 7.81. The summed E-state index contributed by atoms with van der Waals surface area (Å²) >= 11 is 1.39. The van der Waals surface area contributed by atoms with Gasteiger partial charge >= 0.3 is 12.1 Å². The number of carbonyl (C=O) groups is 2. The predicted octanol–water partition coefficient (Wildman–Crippen LogP) is 3.51. The van der Waals surface area contributed by atoms with E-state index in [2.05, 4.69) is 20.5 Å². The van der Waals surface area contributed by atoms with Crippen molar-refractivity contribution in [2.75, 3.05) is 50.4 Å². The average molecular weight is 503 g/mol. The highest BCUT2D eigenvalue weighted by Crippen LogP contribution is 2.23. The molecule has 10 nitrogen and oxygen atoms in total. The second-order valence-electron chi connectivity index (χ2n) is 8.92. The lowest BCUT2D eigenvalue weighted by Gasteiger charge is -2.29. The fourth-order valence-electron chi connectivity index (χ4n) is 4.32. The Labute approximate surface area is 209 Å². The molecule has 2 aromatic heterocycles. The van der Waals surface area contributed by atoms with E-state index in [9.17, 15) is 9.59 Å². The first-order chi connectivity index (χ1) is 17.1. The van der Waals surface area contributed by atoms with E-state index >= 15 is 0 Å². The number of pyridine rings is 1. The van der Waals surface area contributed by atoms with Crippen molar-refractivity contribution >= 4 is 34.8 Å². The number of carbonyl (C=O) groups excluding carboxylic acids is 2. The maximum Gasteiger partial charge on any atom is 0.418 e. The minimum atomic E-state index is -0.656. The fourth-order valence-corrected chi connectivity index (χ4v) is 5.00. The molecule has 4 rings (SSSR count). The van der Waals surface area contributed by atoms with E-state index < -0.39 is 6.09 Å². The molecule has 0 radical (unpaired) electrons. The molecular weight excluding hydrogens is 468 g/mol. The summed E-state index contributed by atoms with van der Waals surface area (Å²) in [6, 6.07) is 3.68. The van der Waals surface area contributed by atoms with Crippen LogP contribution in [0.25, 0.3) is 0 Å². The van der Waals surface area contributed by atoms with Gasteiger partial charge in [0, 0.05) is 61.8 Å². The summed E-state index contributed by atoms with van der Waals surface area (Å²) in [5, 5.41) is 9.26. The number of nitrogens with two attached hydrogens (primary N) is 1. The number of hydrogen-bond acceptors (Lipinski definition) is 8. The van der Waals surface area contributed by atoms with Crippen LogP contribution in [-0.4, -0.2) is 72.3 Å². The van der Waals surface area contributed by atoms with Gasteiger partial charge in [-0.2, -0.15) is 0 Å². The van der Waals surface area contributed by atoms with Gasteiger partial charge in [-0.05, 0) is 24.8 Å². The Kier molecular flexibility index (Phi) is 9.15. The Morgan fingerprint density at radius 2 is 2.03 bits per heavy atom. The molecule has 3 heterocycles. The van der Waals surface area contributed by atoms with Crippen LogP contribution in [0.1, 0.15) is 37.7 Å². The zero-order valence-corrected chi connectivity index (χ0v) is 20.7. The Balaban J connectivity index is 1.31. The second kappa shape index (κ2) is 12.7. The summed E-state index contributed by atoms with van der Waals surface area (Å²) in [5.41, 5.74) is 7.65. The summed E-state index contributed by atoms with van der Waals surface area (Å²) in [5.74, 6) is 0.175. The van der Waals surface area contributed by atoms with E-state index in [0.29, 0.717) is 24.5 Å². The number of nitrogen functional groups attached to an aromatic ring is 1. The number of thiophene rings is 1. The number of nitrogens with zero attached hydrogens (tertiary/aromatic N) is 3. The number of nitrogens with one attached hydrogen (secondary N) is 2. The van der Waals surface area contributed by atoms with Crippen LogP contribution in [0.2, 0.25) is 0 Å². The van der Waals surface area contributed by atoms with Gasteiger partial charge in [-0.3, -0.25) is 10.2 Å². The molecule has 35 heavy (non-hydrogen) atoms. The molecule has 2 aliphatic rings. The van der Waals surface area contributed by atoms with Gasteiger partial charge in [0.2, 0.25) is 5.88 Å². The monoisotopic (exact) mass is 502 g/mol. The molecule has 2 fully saturated rings. The SMILES string of the molecule is Nc1cscc1NC(=O)Oc1ccc(CN(CCCN2CCOCC2)C(=O)NC2CCCC2)cn1. The van der Waals surface area contributed by atoms with Gasteiger partial charge in [-0.1, -0.05) is 18.9 Å². The minimum absolute atomic E-state index is 0.0352. The highest BCUT2D eigenvalue weighted by Gasteiger charge is 2.22. The van der Waals surface area contributed by atoms with Crippen molar-refractivity contribution in [3.8, 4) is 5.88 Å². The molecule has 0 aromatic carbocycles.